The number of ether oxygens (including phenoxy) is 1. The summed E-state index contributed by atoms with van der Waals surface area (Å²) >= 11 is 0. The first-order valence-corrected chi connectivity index (χ1v) is 11.9. The molecule has 1 heterocycles. The highest BCUT2D eigenvalue weighted by molar-refractivity contribution is 6.46. The summed E-state index contributed by atoms with van der Waals surface area (Å²) in [4.78, 5) is 30.8. The quantitative estimate of drug-likeness (QED) is 0.381. The van der Waals surface area contributed by atoms with E-state index in [0.717, 1.165) is 29.8 Å². The van der Waals surface area contributed by atoms with Crippen LogP contribution in [0.4, 0.5) is 11.4 Å². The molecular formula is C29H30N2O3. The summed E-state index contributed by atoms with van der Waals surface area (Å²) in [5.41, 5.74) is 4.08. The molecule has 3 aromatic rings. The molecule has 0 unspecified atom stereocenters. The predicted octanol–water partition coefficient (Wildman–Crippen LogP) is 5.85. The lowest BCUT2D eigenvalue weighted by Gasteiger charge is -2.25. The molecule has 174 valence electrons. The highest BCUT2D eigenvalue weighted by Crippen LogP contribution is 2.37. The highest BCUT2D eigenvalue weighted by Gasteiger charge is 2.42. The number of imide groups is 1. The molecule has 34 heavy (non-hydrogen) atoms. The number of aryl methyl sites for hydroxylation is 1. The Balaban J connectivity index is 1.82. The molecule has 0 spiro atoms. The van der Waals surface area contributed by atoms with Crippen LogP contribution in [-0.2, 0) is 16.0 Å². The number of nitrogens with zero attached hydrogens (tertiary/aromatic N) is 2. The van der Waals surface area contributed by atoms with E-state index in [1.165, 1.54) is 4.90 Å². The minimum atomic E-state index is -0.319. The third-order valence-corrected chi connectivity index (χ3v) is 5.93. The first kappa shape index (κ1) is 23.3. The molecule has 1 aliphatic heterocycles. The number of benzene rings is 3. The number of amides is 2. The van der Waals surface area contributed by atoms with Crippen LogP contribution in [0, 0.1) is 0 Å². The Bertz CT molecular complexity index is 1180. The van der Waals surface area contributed by atoms with E-state index in [4.69, 9.17) is 4.74 Å². The van der Waals surface area contributed by atoms with Crippen molar-refractivity contribution in [2.75, 3.05) is 23.0 Å². The van der Waals surface area contributed by atoms with Crippen molar-refractivity contribution in [3.63, 3.8) is 0 Å². The lowest BCUT2D eigenvalue weighted by Crippen LogP contribution is -2.35. The van der Waals surface area contributed by atoms with Crippen LogP contribution in [0.15, 0.2) is 84.6 Å². The van der Waals surface area contributed by atoms with Crippen LogP contribution in [0.1, 0.15) is 38.3 Å². The molecule has 1 aliphatic rings. The minimum Gasteiger partial charge on any atom is -0.494 e. The molecule has 0 aromatic heterocycles. The van der Waals surface area contributed by atoms with Gasteiger partial charge in [-0.2, -0.15) is 0 Å². The van der Waals surface area contributed by atoms with Gasteiger partial charge in [-0.25, -0.2) is 4.90 Å². The summed E-state index contributed by atoms with van der Waals surface area (Å²) in [6.45, 7) is 7.28. The number of likely N-dealkylation sites (N-methyl/N-ethyl adjacent to an activating group) is 1. The molecular weight excluding hydrogens is 424 g/mol. The summed E-state index contributed by atoms with van der Waals surface area (Å²) in [6, 6.07) is 24.7. The van der Waals surface area contributed by atoms with Crippen molar-refractivity contribution in [2.45, 2.75) is 33.6 Å². The number of hydrogen-bond donors (Lipinski definition) is 0. The Kier molecular flexibility index (Phi) is 7.12. The number of para-hydroxylation sites is 1. The second-order valence-corrected chi connectivity index (χ2v) is 8.14. The zero-order valence-electron chi connectivity index (χ0n) is 20.0. The third kappa shape index (κ3) is 4.46. The topological polar surface area (TPSA) is 49.9 Å². The van der Waals surface area contributed by atoms with Gasteiger partial charge in [-0.15, -0.1) is 0 Å². The van der Waals surface area contributed by atoms with Crippen LogP contribution < -0.4 is 14.5 Å². The van der Waals surface area contributed by atoms with E-state index in [9.17, 15) is 9.59 Å². The number of hydrogen-bond acceptors (Lipinski definition) is 4. The Labute approximate surface area is 201 Å². The van der Waals surface area contributed by atoms with Gasteiger partial charge in [0.05, 0.1) is 17.9 Å². The summed E-state index contributed by atoms with van der Waals surface area (Å²) in [5, 5.41) is 0. The lowest BCUT2D eigenvalue weighted by atomic mass is 10.0. The molecule has 0 N–H and O–H groups in total. The van der Waals surface area contributed by atoms with Crippen LogP contribution in [-0.4, -0.2) is 25.0 Å². The second-order valence-electron chi connectivity index (χ2n) is 8.14. The number of rotatable bonds is 9. The van der Waals surface area contributed by atoms with Gasteiger partial charge in [0.15, 0.2) is 0 Å². The van der Waals surface area contributed by atoms with Crippen LogP contribution in [0.5, 0.6) is 5.75 Å². The molecule has 0 bridgehead atoms. The van der Waals surface area contributed by atoms with Crippen LogP contribution in [0.3, 0.4) is 0 Å². The van der Waals surface area contributed by atoms with Gasteiger partial charge in [0.1, 0.15) is 11.4 Å². The normalized spacial score (nSPS) is 13.6. The molecule has 0 aliphatic carbocycles. The van der Waals surface area contributed by atoms with E-state index in [1.54, 1.807) is 0 Å². The maximum absolute atomic E-state index is 13.8. The molecule has 2 amide bonds. The summed E-state index contributed by atoms with van der Waals surface area (Å²) in [7, 11) is 0. The Morgan fingerprint density at radius 1 is 0.794 bits per heavy atom. The van der Waals surface area contributed by atoms with Gasteiger partial charge >= 0.3 is 0 Å². The summed E-state index contributed by atoms with van der Waals surface area (Å²) in [6.07, 6.45) is 1.80. The maximum Gasteiger partial charge on any atom is 0.282 e. The molecule has 0 radical (unpaired) electrons. The average molecular weight is 455 g/mol. The molecule has 0 atom stereocenters. The predicted molar refractivity (Wildman–Crippen MR) is 137 cm³/mol. The van der Waals surface area contributed by atoms with E-state index in [1.807, 2.05) is 90.7 Å². The van der Waals surface area contributed by atoms with Crippen molar-refractivity contribution in [3.05, 3.63) is 95.7 Å². The number of carbonyl (C=O) groups is 2. The fraction of sp³-hybridized carbons (Fsp3) is 0.241. The van der Waals surface area contributed by atoms with Gasteiger partial charge in [0.2, 0.25) is 0 Å². The Morgan fingerprint density at radius 2 is 1.47 bits per heavy atom. The molecule has 5 heteroatoms. The SMILES string of the molecule is CCCOc1ccc(C2=C(N(CC)c3ccccc3)C(=O)N(c3ccc(CC)cc3)C2=O)cc1. The molecule has 3 aromatic carbocycles. The maximum atomic E-state index is 13.8. The van der Waals surface area contributed by atoms with Crippen molar-refractivity contribution >= 4 is 28.8 Å². The molecule has 0 fully saturated rings. The zero-order chi connectivity index (χ0) is 24.1. The smallest absolute Gasteiger partial charge is 0.282 e. The van der Waals surface area contributed by atoms with E-state index < -0.39 is 0 Å². The average Bonchev–Trinajstić information content (AvgIpc) is 3.14. The fourth-order valence-electron chi connectivity index (χ4n) is 4.16. The van der Waals surface area contributed by atoms with Crippen LogP contribution >= 0.6 is 0 Å². The molecule has 4 rings (SSSR count). The second kappa shape index (κ2) is 10.4. The van der Waals surface area contributed by atoms with Crippen molar-refractivity contribution in [3.8, 4) is 5.75 Å². The van der Waals surface area contributed by atoms with Gasteiger partial charge in [-0.05, 0) is 67.3 Å². The molecule has 0 saturated carbocycles. The number of carbonyl (C=O) groups excluding carboxylic acids is 2. The van der Waals surface area contributed by atoms with E-state index in [2.05, 4.69) is 13.8 Å². The van der Waals surface area contributed by atoms with Gasteiger partial charge < -0.3 is 9.64 Å². The molecule has 5 nitrogen and oxygen atoms in total. The molecule has 0 saturated heterocycles. The fourth-order valence-corrected chi connectivity index (χ4v) is 4.16. The first-order valence-electron chi connectivity index (χ1n) is 11.9. The largest absolute Gasteiger partial charge is 0.494 e. The van der Waals surface area contributed by atoms with Gasteiger partial charge in [0.25, 0.3) is 11.8 Å². The summed E-state index contributed by atoms with van der Waals surface area (Å²) < 4.78 is 5.71. The highest BCUT2D eigenvalue weighted by atomic mass is 16.5. The third-order valence-electron chi connectivity index (χ3n) is 5.93. The van der Waals surface area contributed by atoms with Crippen molar-refractivity contribution in [1.82, 2.24) is 0 Å². The lowest BCUT2D eigenvalue weighted by molar-refractivity contribution is -0.120. The van der Waals surface area contributed by atoms with Gasteiger partial charge in [0, 0.05) is 12.2 Å². The van der Waals surface area contributed by atoms with E-state index >= 15 is 0 Å². The zero-order valence-corrected chi connectivity index (χ0v) is 20.0. The van der Waals surface area contributed by atoms with Crippen LogP contribution in [0.25, 0.3) is 5.57 Å². The van der Waals surface area contributed by atoms with Crippen molar-refractivity contribution in [1.29, 1.82) is 0 Å². The van der Waals surface area contributed by atoms with E-state index in [-0.39, 0.29) is 11.8 Å². The standard InChI is InChI=1S/C29H30N2O3/c1-4-20-34-25-18-14-22(15-19-25)26-27(30(6-3)23-10-8-7-9-11-23)29(33)31(28(26)32)24-16-12-21(5-2)13-17-24/h7-19H,4-6,20H2,1-3H3. The minimum absolute atomic E-state index is 0.318. The van der Waals surface area contributed by atoms with E-state index in [0.29, 0.717) is 35.7 Å². The van der Waals surface area contributed by atoms with Crippen molar-refractivity contribution in [2.24, 2.45) is 0 Å². The van der Waals surface area contributed by atoms with Crippen LogP contribution in [0.2, 0.25) is 0 Å². The Morgan fingerprint density at radius 3 is 2.06 bits per heavy atom. The van der Waals surface area contributed by atoms with Gasteiger partial charge in [-0.3, -0.25) is 9.59 Å². The Hall–Kier alpha value is -3.86. The monoisotopic (exact) mass is 454 g/mol. The number of anilines is 2. The first-order chi connectivity index (χ1) is 16.6. The van der Waals surface area contributed by atoms with Gasteiger partial charge in [-0.1, -0.05) is 56.3 Å². The summed E-state index contributed by atoms with van der Waals surface area (Å²) in [5.74, 6) is 0.106. The van der Waals surface area contributed by atoms with Crippen molar-refractivity contribution < 1.29 is 14.3 Å².